The van der Waals surface area contributed by atoms with Gasteiger partial charge >= 0.3 is 5.97 Å². The Labute approximate surface area is 128 Å². The molecule has 0 spiro atoms. The largest absolute Gasteiger partial charge is 0.508 e. The number of allylic oxidation sites excluding steroid dienone is 3. The van der Waals surface area contributed by atoms with Crippen molar-refractivity contribution in [3.05, 3.63) is 47.0 Å². The Morgan fingerprint density at radius 2 is 2.43 bits per heavy atom. The fourth-order valence-electron chi connectivity index (χ4n) is 2.02. The lowest BCUT2D eigenvalue weighted by molar-refractivity contribution is -0.134. The van der Waals surface area contributed by atoms with E-state index in [1.54, 1.807) is 16.8 Å². The van der Waals surface area contributed by atoms with E-state index in [0.29, 0.717) is 18.7 Å². The molecule has 0 saturated carbocycles. The number of methoxy groups -OCH3 is 1. The van der Waals surface area contributed by atoms with E-state index in [4.69, 9.17) is 11.6 Å². The topological polar surface area (TPSA) is 64.3 Å². The summed E-state index contributed by atoms with van der Waals surface area (Å²) >= 11 is 6.06. The van der Waals surface area contributed by atoms with Crippen LogP contribution in [-0.2, 0) is 16.1 Å². The van der Waals surface area contributed by atoms with Gasteiger partial charge in [-0.25, -0.2) is 4.79 Å². The molecule has 1 aliphatic carbocycles. The molecule has 112 valence electrons. The maximum atomic E-state index is 11.1. The summed E-state index contributed by atoms with van der Waals surface area (Å²) in [4.78, 5) is 11.1. The first-order valence-electron chi connectivity index (χ1n) is 6.54. The van der Waals surface area contributed by atoms with Gasteiger partial charge in [0.25, 0.3) is 0 Å². The van der Waals surface area contributed by atoms with Crippen LogP contribution in [0.1, 0.15) is 17.8 Å². The van der Waals surface area contributed by atoms with Crippen LogP contribution in [0.4, 0.5) is 0 Å². The Balaban J connectivity index is 2.15. The summed E-state index contributed by atoms with van der Waals surface area (Å²) in [6, 6.07) is 1.85. The van der Waals surface area contributed by atoms with E-state index >= 15 is 0 Å². The normalized spacial score (nSPS) is 18.5. The first-order valence-corrected chi connectivity index (χ1v) is 6.98. The van der Waals surface area contributed by atoms with E-state index in [2.05, 4.69) is 9.84 Å². The van der Waals surface area contributed by atoms with Crippen LogP contribution >= 0.6 is 11.6 Å². The molecule has 0 amide bonds. The van der Waals surface area contributed by atoms with Crippen LogP contribution < -0.4 is 0 Å². The summed E-state index contributed by atoms with van der Waals surface area (Å²) in [5.41, 5.74) is 2.32. The molecule has 5 nitrogen and oxygen atoms in total. The number of ether oxygens (including phenoxy) is 1. The summed E-state index contributed by atoms with van der Waals surface area (Å²) in [6.45, 7) is 2.34. The Bertz CT molecular complexity index is 629. The van der Waals surface area contributed by atoms with Crippen LogP contribution in [0, 0.1) is 6.92 Å². The minimum atomic E-state index is -0.428. The average molecular weight is 309 g/mol. The average Bonchev–Trinajstić information content (AvgIpc) is 2.80. The van der Waals surface area contributed by atoms with Crippen molar-refractivity contribution in [2.75, 3.05) is 7.11 Å². The van der Waals surface area contributed by atoms with Crippen molar-refractivity contribution in [3.63, 3.8) is 0 Å². The van der Waals surface area contributed by atoms with Crippen LogP contribution in [0.3, 0.4) is 0 Å². The molecule has 1 unspecified atom stereocenters. The van der Waals surface area contributed by atoms with Crippen LogP contribution in [0.2, 0.25) is 0 Å². The molecule has 21 heavy (non-hydrogen) atoms. The van der Waals surface area contributed by atoms with E-state index < -0.39 is 5.97 Å². The number of aliphatic hydroxyl groups excluding tert-OH is 1. The number of hydrogen-bond donors (Lipinski definition) is 1. The highest BCUT2D eigenvalue weighted by Gasteiger charge is 2.15. The molecule has 1 aromatic rings. The van der Waals surface area contributed by atoms with Gasteiger partial charge in [0.15, 0.2) is 0 Å². The van der Waals surface area contributed by atoms with Crippen molar-refractivity contribution in [1.82, 2.24) is 9.78 Å². The molecule has 6 heteroatoms. The SMILES string of the molecule is COC(=O)/C=C/c1cc(C)n(CC2=CC(Cl)CC=C2O)n1. The van der Waals surface area contributed by atoms with Gasteiger partial charge < -0.3 is 9.84 Å². The molecule has 0 aliphatic heterocycles. The van der Waals surface area contributed by atoms with Crippen molar-refractivity contribution in [3.8, 4) is 0 Å². The van der Waals surface area contributed by atoms with Gasteiger partial charge in [-0.1, -0.05) is 6.08 Å². The third kappa shape index (κ3) is 3.98. The molecule has 1 heterocycles. The summed E-state index contributed by atoms with van der Waals surface area (Å²) in [6.07, 6.45) is 7.08. The Morgan fingerprint density at radius 3 is 3.14 bits per heavy atom. The smallest absolute Gasteiger partial charge is 0.330 e. The minimum Gasteiger partial charge on any atom is -0.508 e. The molecule has 0 radical (unpaired) electrons. The molecule has 0 saturated heterocycles. The van der Waals surface area contributed by atoms with E-state index in [-0.39, 0.29) is 11.1 Å². The predicted molar refractivity (Wildman–Crippen MR) is 81.1 cm³/mol. The second-order valence-corrected chi connectivity index (χ2v) is 5.32. The number of esters is 1. The predicted octanol–water partition coefficient (Wildman–Crippen LogP) is 2.76. The first kappa shape index (κ1) is 15.4. The molecule has 0 aromatic carbocycles. The van der Waals surface area contributed by atoms with Gasteiger partial charge in [0.1, 0.15) is 5.76 Å². The summed E-state index contributed by atoms with van der Waals surface area (Å²) in [5.74, 6) is -0.184. The number of hydrogen-bond acceptors (Lipinski definition) is 4. The van der Waals surface area contributed by atoms with Gasteiger partial charge in [-0.15, -0.1) is 11.6 Å². The van der Waals surface area contributed by atoms with Gasteiger partial charge in [0, 0.05) is 17.3 Å². The highest BCUT2D eigenvalue weighted by molar-refractivity contribution is 6.22. The molecule has 2 rings (SSSR count). The van der Waals surface area contributed by atoms with Gasteiger partial charge in [-0.2, -0.15) is 5.10 Å². The Hall–Kier alpha value is -2.01. The zero-order valence-electron chi connectivity index (χ0n) is 11.9. The minimum absolute atomic E-state index is 0.106. The number of carbonyl (C=O) groups is 1. The highest BCUT2D eigenvalue weighted by atomic mass is 35.5. The molecule has 1 N–H and O–H groups in total. The van der Waals surface area contributed by atoms with Crippen LogP contribution in [0.15, 0.2) is 35.6 Å². The highest BCUT2D eigenvalue weighted by Crippen LogP contribution is 2.22. The zero-order chi connectivity index (χ0) is 15.4. The standard InChI is InChI=1S/C15H17ClN2O3/c1-10-7-13(4-6-15(20)21-2)17-18(10)9-11-8-12(16)3-5-14(11)19/h4-8,12,19H,3,9H2,1-2H3/b6-4+. The van der Waals surface area contributed by atoms with Crippen molar-refractivity contribution < 1.29 is 14.6 Å². The van der Waals surface area contributed by atoms with E-state index in [0.717, 1.165) is 11.3 Å². The number of aliphatic hydroxyl groups is 1. The van der Waals surface area contributed by atoms with Gasteiger partial charge in [0.05, 0.1) is 24.7 Å². The molecule has 1 atom stereocenters. The zero-order valence-corrected chi connectivity index (χ0v) is 12.7. The molecule has 1 aromatic heterocycles. The number of rotatable bonds is 4. The van der Waals surface area contributed by atoms with Crippen molar-refractivity contribution in [1.29, 1.82) is 0 Å². The van der Waals surface area contributed by atoms with Gasteiger partial charge in [-0.05, 0) is 31.6 Å². The van der Waals surface area contributed by atoms with E-state index in [1.165, 1.54) is 13.2 Å². The monoisotopic (exact) mass is 308 g/mol. The summed E-state index contributed by atoms with van der Waals surface area (Å²) in [7, 11) is 1.32. The summed E-state index contributed by atoms with van der Waals surface area (Å²) in [5, 5.41) is 14.1. The van der Waals surface area contributed by atoms with Crippen LogP contribution in [0.25, 0.3) is 6.08 Å². The Morgan fingerprint density at radius 1 is 1.67 bits per heavy atom. The fourth-order valence-corrected chi connectivity index (χ4v) is 2.26. The second kappa shape index (κ2) is 6.63. The second-order valence-electron chi connectivity index (χ2n) is 4.76. The molecule has 1 aliphatic rings. The quantitative estimate of drug-likeness (QED) is 0.528. The molecule has 0 bridgehead atoms. The molecular weight excluding hydrogens is 292 g/mol. The van der Waals surface area contributed by atoms with Crippen LogP contribution in [-0.4, -0.2) is 33.3 Å². The number of carbonyl (C=O) groups excluding carboxylic acids is 1. The van der Waals surface area contributed by atoms with Crippen molar-refractivity contribution in [2.45, 2.75) is 25.3 Å². The lowest BCUT2D eigenvalue weighted by Crippen LogP contribution is -2.11. The maximum absolute atomic E-state index is 11.1. The van der Waals surface area contributed by atoms with Gasteiger partial charge in [-0.3, -0.25) is 4.68 Å². The Kier molecular flexibility index (Phi) is 4.85. The first-order chi connectivity index (χ1) is 9.99. The van der Waals surface area contributed by atoms with Crippen molar-refractivity contribution in [2.24, 2.45) is 0 Å². The summed E-state index contributed by atoms with van der Waals surface area (Å²) < 4.78 is 6.28. The van der Waals surface area contributed by atoms with E-state index in [1.807, 2.05) is 19.1 Å². The number of nitrogens with zero attached hydrogens (tertiary/aromatic N) is 2. The lowest BCUT2D eigenvalue weighted by atomic mass is 10.0. The number of aryl methyl sites for hydroxylation is 1. The molecule has 0 fully saturated rings. The third-order valence-corrected chi connectivity index (χ3v) is 3.46. The maximum Gasteiger partial charge on any atom is 0.330 e. The van der Waals surface area contributed by atoms with Crippen LogP contribution in [0.5, 0.6) is 0 Å². The lowest BCUT2D eigenvalue weighted by Gasteiger charge is -2.15. The third-order valence-electron chi connectivity index (χ3n) is 3.16. The van der Waals surface area contributed by atoms with Gasteiger partial charge in [0.2, 0.25) is 0 Å². The van der Waals surface area contributed by atoms with E-state index in [9.17, 15) is 9.90 Å². The number of alkyl halides is 1. The number of aromatic nitrogens is 2. The number of halogens is 1. The fraction of sp³-hybridized carbons (Fsp3) is 0.333. The van der Waals surface area contributed by atoms with Crippen molar-refractivity contribution >= 4 is 23.6 Å². The molecular formula is C15H17ClN2O3.